The van der Waals surface area contributed by atoms with Crippen LogP contribution in [0.1, 0.15) is 31.3 Å². The molecule has 7 nitrogen and oxygen atoms in total. The molecule has 0 spiro atoms. The lowest BCUT2D eigenvalue weighted by molar-refractivity contribution is -0.123. The summed E-state index contributed by atoms with van der Waals surface area (Å²) < 4.78 is 0. The molecule has 1 atom stereocenters. The van der Waals surface area contributed by atoms with E-state index >= 15 is 0 Å². The minimum atomic E-state index is -0.553. The molecule has 2 aromatic heterocycles. The standard InChI is InChI=1S/C16H19N5O2/c1-10(17)14(23)21-16(4-5-16)15-19-7-12(8-20-15)11-2-3-13(9-22)18-6-11/h2-3,6-8,10,22H,4-5,9,17H2,1H3,(H,21,23)/t10-/m0/s1. The van der Waals surface area contributed by atoms with Crippen LogP contribution in [0.4, 0.5) is 0 Å². The molecule has 0 unspecified atom stereocenters. The number of nitrogens with one attached hydrogen (secondary N) is 1. The van der Waals surface area contributed by atoms with E-state index in [-0.39, 0.29) is 12.5 Å². The van der Waals surface area contributed by atoms with Crippen LogP contribution >= 0.6 is 0 Å². The number of pyridine rings is 1. The van der Waals surface area contributed by atoms with Crippen molar-refractivity contribution in [3.8, 4) is 11.1 Å². The minimum absolute atomic E-state index is 0.0858. The Bertz CT molecular complexity index is 693. The molecule has 1 aliphatic rings. The average molecular weight is 313 g/mol. The first kappa shape index (κ1) is 15.5. The number of hydrogen-bond donors (Lipinski definition) is 3. The van der Waals surface area contributed by atoms with Crippen LogP contribution in [0.15, 0.2) is 30.7 Å². The third-order valence-corrected chi connectivity index (χ3v) is 3.93. The van der Waals surface area contributed by atoms with E-state index in [0.29, 0.717) is 11.5 Å². The van der Waals surface area contributed by atoms with Crippen LogP contribution in [0.5, 0.6) is 0 Å². The molecule has 0 bridgehead atoms. The summed E-state index contributed by atoms with van der Waals surface area (Å²) in [5, 5.41) is 11.9. The molecule has 3 rings (SSSR count). The first-order valence-electron chi connectivity index (χ1n) is 7.50. The Hall–Kier alpha value is -2.38. The normalized spacial score (nSPS) is 16.7. The fourth-order valence-corrected chi connectivity index (χ4v) is 2.29. The Labute approximate surface area is 134 Å². The highest BCUT2D eigenvalue weighted by molar-refractivity contribution is 5.82. The number of nitrogens with two attached hydrogens (primary N) is 1. The molecule has 4 N–H and O–H groups in total. The summed E-state index contributed by atoms with van der Waals surface area (Å²) >= 11 is 0. The van der Waals surface area contributed by atoms with E-state index in [4.69, 9.17) is 10.8 Å². The van der Waals surface area contributed by atoms with Gasteiger partial charge < -0.3 is 16.2 Å². The van der Waals surface area contributed by atoms with Crippen molar-refractivity contribution in [3.63, 3.8) is 0 Å². The van der Waals surface area contributed by atoms with Gasteiger partial charge in [0.05, 0.1) is 23.9 Å². The van der Waals surface area contributed by atoms with Crippen molar-refractivity contribution in [2.75, 3.05) is 0 Å². The molecule has 0 aliphatic heterocycles. The molecule has 120 valence electrons. The first-order chi connectivity index (χ1) is 11.0. The number of amides is 1. The van der Waals surface area contributed by atoms with Gasteiger partial charge in [-0.15, -0.1) is 0 Å². The summed E-state index contributed by atoms with van der Waals surface area (Å²) in [7, 11) is 0. The van der Waals surface area contributed by atoms with Gasteiger partial charge in [0.1, 0.15) is 0 Å². The van der Waals surface area contributed by atoms with E-state index in [9.17, 15) is 4.79 Å². The third kappa shape index (κ3) is 3.20. The van der Waals surface area contributed by atoms with Crippen LogP contribution in [0.25, 0.3) is 11.1 Å². The number of hydrogen-bond acceptors (Lipinski definition) is 6. The second-order valence-corrected chi connectivity index (χ2v) is 5.85. The van der Waals surface area contributed by atoms with Crippen molar-refractivity contribution in [2.24, 2.45) is 5.73 Å². The number of rotatable bonds is 5. The minimum Gasteiger partial charge on any atom is -0.390 e. The lowest BCUT2D eigenvalue weighted by Crippen LogP contribution is -2.44. The molecule has 0 radical (unpaired) electrons. The van der Waals surface area contributed by atoms with Gasteiger partial charge in [0, 0.05) is 29.7 Å². The van der Waals surface area contributed by atoms with E-state index < -0.39 is 11.6 Å². The Morgan fingerprint density at radius 2 is 1.91 bits per heavy atom. The molecular formula is C16H19N5O2. The van der Waals surface area contributed by atoms with E-state index in [1.807, 2.05) is 6.07 Å². The fraction of sp³-hybridized carbons (Fsp3) is 0.375. The Balaban J connectivity index is 1.78. The van der Waals surface area contributed by atoms with Gasteiger partial charge in [-0.05, 0) is 25.8 Å². The maximum Gasteiger partial charge on any atom is 0.237 e. The van der Waals surface area contributed by atoms with Crippen LogP contribution < -0.4 is 11.1 Å². The number of carbonyl (C=O) groups is 1. The summed E-state index contributed by atoms with van der Waals surface area (Å²) in [6.07, 6.45) is 6.75. The molecule has 0 aromatic carbocycles. The SMILES string of the molecule is C[C@H](N)C(=O)NC1(c2ncc(-c3ccc(CO)nc3)cn2)CC1. The predicted molar refractivity (Wildman–Crippen MR) is 83.9 cm³/mol. The molecule has 1 saturated carbocycles. The third-order valence-electron chi connectivity index (χ3n) is 3.93. The maximum atomic E-state index is 11.8. The summed E-state index contributed by atoms with van der Waals surface area (Å²) in [6, 6.07) is 3.07. The number of aliphatic hydroxyl groups excluding tert-OH is 1. The summed E-state index contributed by atoms with van der Waals surface area (Å²) in [6.45, 7) is 1.57. The van der Waals surface area contributed by atoms with E-state index in [1.165, 1.54) is 0 Å². The zero-order valence-electron chi connectivity index (χ0n) is 12.9. The van der Waals surface area contributed by atoms with Gasteiger partial charge in [-0.25, -0.2) is 9.97 Å². The predicted octanol–water partition coefficient (Wildman–Crippen LogP) is 0.483. The second kappa shape index (κ2) is 6.02. The van der Waals surface area contributed by atoms with E-state index in [2.05, 4.69) is 20.3 Å². The fourth-order valence-electron chi connectivity index (χ4n) is 2.29. The van der Waals surface area contributed by atoms with E-state index in [0.717, 1.165) is 24.0 Å². The van der Waals surface area contributed by atoms with Crippen molar-refractivity contribution >= 4 is 5.91 Å². The number of aromatic nitrogens is 3. The van der Waals surface area contributed by atoms with Crippen molar-refractivity contribution < 1.29 is 9.90 Å². The van der Waals surface area contributed by atoms with Crippen molar-refractivity contribution in [1.82, 2.24) is 20.3 Å². The highest BCUT2D eigenvalue weighted by atomic mass is 16.3. The molecule has 23 heavy (non-hydrogen) atoms. The highest BCUT2D eigenvalue weighted by Crippen LogP contribution is 2.43. The monoisotopic (exact) mass is 313 g/mol. The lowest BCUT2D eigenvalue weighted by Gasteiger charge is -2.17. The Kier molecular flexibility index (Phi) is 4.06. The summed E-state index contributed by atoms with van der Waals surface area (Å²) in [4.78, 5) is 24.7. The summed E-state index contributed by atoms with van der Waals surface area (Å²) in [5.41, 5.74) is 7.44. The molecule has 1 amide bonds. The number of carbonyl (C=O) groups excluding carboxylic acids is 1. The maximum absolute atomic E-state index is 11.8. The smallest absolute Gasteiger partial charge is 0.237 e. The quantitative estimate of drug-likeness (QED) is 0.740. The largest absolute Gasteiger partial charge is 0.390 e. The summed E-state index contributed by atoms with van der Waals surface area (Å²) in [5.74, 6) is 0.411. The first-order valence-corrected chi connectivity index (χ1v) is 7.50. The van der Waals surface area contributed by atoms with Gasteiger partial charge in [0.2, 0.25) is 5.91 Å². The van der Waals surface area contributed by atoms with Gasteiger partial charge in [-0.1, -0.05) is 6.07 Å². The zero-order chi connectivity index (χ0) is 16.4. The number of aliphatic hydroxyl groups is 1. The van der Waals surface area contributed by atoms with Gasteiger partial charge in [0.15, 0.2) is 5.82 Å². The molecule has 2 aromatic rings. The Morgan fingerprint density at radius 1 is 1.26 bits per heavy atom. The van der Waals surface area contributed by atoms with Crippen molar-refractivity contribution in [3.05, 3.63) is 42.2 Å². The number of nitrogens with zero attached hydrogens (tertiary/aromatic N) is 3. The Morgan fingerprint density at radius 3 is 2.39 bits per heavy atom. The van der Waals surface area contributed by atoms with Gasteiger partial charge >= 0.3 is 0 Å². The average Bonchev–Trinajstić information content (AvgIpc) is 3.36. The zero-order valence-corrected chi connectivity index (χ0v) is 12.9. The topological polar surface area (TPSA) is 114 Å². The van der Waals surface area contributed by atoms with Crippen LogP contribution in [0.3, 0.4) is 0 Å². The van der Waals surface area contributed by atoms with Gasteiger partial charge in [0.25, 0.3) is 0 Å². The lowest BCUT2D eigenvalue weighted by atomic mass is 10.1. The van der Waals surface area contributed by atoms with Crippen molar-refractivity contribution in [2.45, 2.75) is 38.0 Å². The van der Waals surface area contributed by atoms with Crippen molar-refractivity contribution in [1.29, 1.82) is 0 Å². The highest BCUT2D eigenvalue weighted by Gasteiger charge is 2.48. The molecule has 2 heterocycles. The van der Waals surface area contributed by atoms with Gasteiger partial charge in [-0.2, -0.15) is 0 Å². The second-order valence-electron chi connectivity index (χ2n) is 5.85. The van der Waals surface area contributed by atoms with Crippen LogP contribution in [-0.2, 0) is 16.9 Å². The molecule has 7 heteroatoms. The van der Waals surface area contributed by atoms with Gasteiger partial charge in [-0.3, -0.25) is 9.78 Å². The molecule has 1 aliphatic carbocycles. The molecule has 0 saturated heterocycles. The molecular weight excluding hydrogens is 294 g/mol. The van der Waals surface area contributed by atoms with E-state index in [1.54, 1.807) is 31.6 Å². The van der Waals surface area contributed by atoms with Crippen LogP contribution in [-0.4, -0.2) is 32.0 Å². The van der Waals surface area contributed by atoms with Crippen LogP contribution in [0.2, 0.25) is 0 Å². The molecule has 1 fully saturated rings. The van der Waals surface area contributed by atoms with Crippen LogP contribution in [0, 0.1) is 0 Å².